The molecule has 4 nitrogen and oxygen atoms in total. The molecule has 0 aliphatic rings. The maximum Gasteiger partial charge on any atom is 0.263 e. The minimum Gasteiger partial charge on any atom is -0.392 e. The number of para-hydroxylation sites is 1. The number of nitrogens with one attached hydrogen (secondary N) is 1. The van der Waals surface area contributed by atoms with Gasteiger partial charge in [0.1, 0.15) is 4.90 Å². The summed E-state index contributed by atoms with van der Waals surface area (Å²) in [6, 6.07) is 11.6. The second kappa shape index (κ2) is 6.26. The van der Waals surface area contributed by atoms with Crippen LogP contribution < -0.4 is 4.72 Å². The first kappa shape index (κ1) is 15.5. The molecule has 0 aliphatic carbocycles. The lowest BCUT2D eigenvalue weighted by Crippen LogP contribution is -2.14. The average Bonchev–Trinajstić information content (AvgIpc) is 2.41. The number of aliphatic hydroxyl groups is 1. The predicted octanol–water partition coefficient (Wildman–Crippen LogP) is 3.50. The molecule has 20 heavy (non-hydrogen) atoms. The van der Waals surface area contributed by atoms with E-state index in [1.54, 1.807) is 36.4 Å². The fraction of sp³-hybridized carbons (Fsp3) is 0.0769. The zero-order valence-electron chi connectivity index (χ0n) is 10.2. The molecule has 0 radical (unpaired) electrons. The van der Waals surface area contributed by atoms with Gasteiger partial charge in [0.25, 0.3) is 10.0 Å². The second-order valence-corrected chi connectivity index (χ2v) is 7.37. The van der Waals surface area contributed by atoms with Crippen LogP contribution in [0, 0.1) is 0 Å². The summed E-state index contributed by atoms with van der Waals surface area (Å²) in [6.45, 7) is -0.217. The molecule has 2 N–H and O–H groups in total. The zero-order valence-corrected chi connectivity index (χ0v) is 14.2. The lowest BCUT2D eigenvalue weighted by Gasteiger charge is -2.11. The van der Waals surface area contributed by atoms with Gasteiger partial charge in [-0.15, -0.1) is 0 Å². The third-order valence-corrected chi connectivity index (χ3v) is 5.64. The molecule has 2 aromatic rings. The van der Waals surface area contributed by atoms with Crippen molar-refractivity contribution in [1.82, 2.24) is 0 Å². The Morgan fingerprint density at radius 2 is 1.75 bits per heavy atom. The molecule has 0 saturated heterocycles. The Morgan fingerprint density at radius 1 is 1.05 bits per heavy atom. The van der Waals surface area contributed by atoms with E-state index in [0.717, 1.165) is 0 Å². The van der Waals surface area contributed by atoms with E-state index in [1.165, 1.54) is 6.07 Å². The maximum absolute atomic E-state index is 12.4. The van der Waals surface area contributed by atoms with Crippen molar-refractivity contribution in [2.75, 3.05) is 4.72 Å². The highest BCUT2D eigenvalue weighted by Crippen LogP contribution is 2.28. The first-order valence-corrected chi connectivity index (χ1v) is 8.67. The van der Waals surface area contributed by atoms with E-state index in [1.807, 2.05) is 0 Å². The van der Waals surface area contributed by atoms with Crippen LogP contribution in [0.2, 0.25) is 0 Å². The van der Waals surface area contributed by atoms with Gasteiger partial charge in [0.2, 0.25) is 0 Å². The van der Waals surface area contributed by atoms with Gasteiger partial charge in [-0.1, -0.05) is 18.2 Å². The van der Waals surface area contributed by atoms with Crippen LogP contribution in [0.15, 0.2) is 56.3 Å². The highest BCUT2D eigenvalue weighted by Gasteiger charge is 2.19. The van der Waals surface area contributed by atoms with Crippen molar-refractivity contribution in [3.05, 3.63) is 57.0 Å². The lowest BCUT2D eigenvalue weighted by molar-refractivity contribution is 0.281. The molecule has 0 heterocycles. The molecule has 7 heteroatoms. The minimum absolute atomic E-state index is 0.0832. The van der Waals surface area contributed by atoms with E-state index in [0.29, 0.717) is 20.2 Å². The van der Waals surface area contributed by atoms with Crippen molar-refractivity contribution < 1.29 is 13.5 Å². The largest absolute Gasteiger partial charge is 0.392 e. The summed E-state index contributed by atoms with van der Waals surface area (Å²) in [7, 11) is -3.74. The first-order valence-electron chi connectivity index (χ1n) is 5.60. The van der Waals surface area contributed by atoms with E-state index in [2.05, 4.69) is 36.6 Å². The third kappa shape index (κ3) is 3.41. The van der Waals surface area contributed by atoms with Gasteiger partial charge < -0.3 is 5.11 Å². The fourth-order valence-corrected chi connectivity index (χ4v) is 4.21. The average molecular weight is 421 g/mol. The quantitative estimate of drug-likeness (QED) is 0.795. The maximum atomic E-state index is 12.4. The number of aliphatic hydroxyl groups excluding tert-OH is 1. The summed E-state index contributed by atoms with van der Waals surface area (Å²) in [5.41, 5.74) is 0.981. The number of rotatable bonds is 4. The van der Waals surface area contributed by atoms with E-state index in [4.69, 9.17) is 5.11 Å². The standard InChI is InChI=1S/C13H11Br2NO3S/c14-10-3-1-2-4-12(10)16-20(18,19)13-7-9(8-17)5-6-11(13)15/h1-7,16-17H,8H2. The van der Waals surface area contributed by atoms with Crippen LogP contribution in [-0.2, 0) is 16.6 Å². The lowest BCUT2D eigenvalue weighted by atomic mass is 10.2. The van der Waals surface area contributed by atoms with Gasteiger partial charge in [0.05, 0.1) is 12.3 Å². The first-order chi connectivity index (χ1) is 9.44. The third-order valence-electron chi connectivity index (χ3n) is 2.59. The summed E-state index contributed by atoms with van der Waals surface area (Å²) in [5.74, 6) is 0. The molecule has 0 spiro atoms. The van der Waals surface area contributed by atoms with Crippen molar-refractivity contribution in [3.63, 3.8) is 0 Å². The smallest absolute Gasteiger partial charge is 0.263 e. The molecule has 2 aromatic carbocycles. The molecule has 0 atom stereocenters. The number of halogens is 2. The molecule has 0 aromatic heterocycles. The summed E-state index contributed by atoms with van der Waals surface area (Å²) < 4.78 is 28.4. The van der Waals surface area contributed by atoms with Crippen molar-refractivity contribution in [1.29, 1.82) is 0 Å². The molecule has 0 unspecified atom stereocenters. The second-order valence-electron chi connectivity index (χ2n) is 4.01. The highest BCUT2D eigenvalue weighted by molar-refractivity contribution is 9.11. The molecule has 0 amide bonds. The van der Waals surface area contributed by atoms with E-state index in [9.17, 15) is 8.42 Å². The minimum atomic E-state index is -3.74. The van der Waals surface area contributed by atoms with Crippen molar-refractivity contribution in [2.45, 2.75) is 11.5 Å². The van der Waals surface area contributed by atoms with Gasteiger partial charge in [0, 0.05) is 8.95 Å². The molecular weight excluding hydrogens is 410 g/mol. The van der Waals surface area contributed by atoms with Crippen LogP contribution in [-0.4, -0.2) is 13.5 Å². The zero-order chi connectivity index (χ0) is 14.8. The fourth-order valence-electron chi connectivity index (χ4n) is 1.60. The molecule has 106 valence electrons. The number of hydrogen-bond donors (Lipinski definition) is 2. The van der Waals surface area contributed by atoms with Crippen LogP contribution in [0.5, 0.6) is 0 Å². The van der Waals surface area contributed by atoms with Crippen LogP contribution in [0.25, 0.3) is 0 Å². The summed E-state index contributed by atoms with van der Waals surface area (Å²) in [4.78, 5) is 0.0832. The molecular formula is C13H11Br2NO3S. The Hall–Kier alpha value is -0.890. The van der Waals surface area contributed by atoms with Crippen molar-refractivity contribution in [3.8, 4) is 0 Å². The monoisotopic (exact) mass is 419 g/mol. The van der Waals surface area contributed by atoms with E-state index in [-0.39, 0.29) is 11.5 Å². The highest BCUT2D eigenvalue weighted by atomic mass is 79.9. The van der Waals surface area contributed by atoms with Gasteiger partial charge >= 0.3 is 0 Å². The van der Waals surface area contributed by atoms with Crippen LogP contribution in [0.4, 0.5) is 5.69 Å². The van der Waals surface area contributed by atoms with Crippen LogP contribution >= 0.6 is 31.9 Å². The number of hydrogen-bond acceptors (Lipinski definition) is 3. The Kier molecular flexibility index (Phi) is 4.85. The SMILES string of the molecule is O=S(=O)(Nc1ccccc1Br)c1cc(CO)ccc1Br. The summed E-state index contributed by atoms with van der Waals surface area (Å²) >= 11 is 6.50. The summed E-state index contributed by atoms with van der Waals surface area (Å²) in [6.07, 6.45) is 0. The van der Waals surface area contributed by atoms with Crippen molar-refractivity contribution >= 4 is 47.6 Å². The molecule has 0 fully saturated rings. The number of benzene rings is 2. The van der Waals surface area contributed by atoms with Gasteiger partial charge in [-0.05, 0) is 61.7 Å². The topological polar surface area (TPSA) is 66.4 Å². The Balaban J connectivity index is 2.43. The van der Waals surface area contributed by atoms with Crippen LogP contribution in [0.3, 0.4) is 0 Å². The molecule has 0 saturated carbocycles. The van der Waals surface area contributed by atoms with Gasteiger partial charge in [-0.25, -0.2) is 8.42 Å². The molecule has 2 rings (SSSR count). The summed E-state index contributed by atoms with van der Waals surface area (Å²) in [5, 5.41) is 9.11. The number of sulfonamides is 1. The van der Waals surface area contributed by atoms with Gasteiger partial charge in [0.15, 0.2) is 0 Å². The predicted molar refractivity (Wildman–Crippen MR) is 85.0 cm³/mol. The Labute approximate surface area is 134 Å². The Bertz CT molecular complexity index is 732. The Morgan fingerprint density at radius 3 is 2.40 bits per heavy atom. The van der Waals surface area contributed by atoms with Gasteiger partial charge in [-0.3, -0.25) is 4.72 Å². The molecule has 0 aliphatic heterocycles. The van der Waals surface area contributed by atoms with E-state index >= 15 is 0 Å². The van der Waals surface area contributed by atoms with E-state index < -0.39 is 10.0 Å². The number of anilines is 1. The van der Waals surface area contributed by atoms with Crippen molar-refractivity contribution in [2.24, 2.45) is 0 Å². The van der Waals surface area contributed by atoms with Gasteiger partial charge in [-0.2, -0.15) is 0 Å². The van der Waals surface area contributed by atoms with Crippen LogP contribution in [0.1, 0.15) is 5.56 Å². The normalized spacial score (nSPS) is 11.3. The molecule has 0 bridgehead atoms.